The molecule has 1 aliphatic rings. The normalized spacial score (nSPS) is 21.9. The van der Waals surface area contributed by atoms with Gasteiger partial charge in [-0.25, -0.2) is 0 Å². The maximum atomic E-state index is 4.54. The van der Waals surface area contributed by atoms with Crippen molar-refractivity contribution >= 4 is 11.3 Å². The van der Waals surface area contributed by atoms with E-state index in [4.69, 9.17) is 0 Å². The summed E-state index contributed by atoms with van der Waals surface area (Å²) in [5, 5.41) is 11.3. The highest BCUT2D eigenvalue weighted by Gasteiger charge is 2.29. The highest BCUT2D eigenvalue weighted by molar-refractivity contribution is 7.14. The summed E-state index contributed by atoms with van der Waals surface area (Å²) in [6.07, 6.45) is 14.5. The van der Waals surface area contributed by atoms with E-state index in [1.54, 1.807) is 11.3 Å². The van der Waals surface area contributed by atoms with Gasteiger partial charge in [-0.15, -0.1) is 10.2 Å². The number of unbranched alkanes of at least 4 members (excludes halogenated alkanes) is 2. The zero-order chi connectivity index (χ0) is 15.2. The number of rotatable bonds is 6. The van der Waals surface area contributed by atoms with Crippen molar-refractivity contribution < 1.29 is 0 Å². The summed E-state index contributed by atoms with van der Waals surface area (Å²) in [5.41, 5.74) is 1.14. The number of hydrogen-bond acceptors (Lipinski definition) is 4. The second kappa shape index (κ2) is 7.82. The van der Waals surface area contributed by atoms with E-state index in [0.717, 1.165) is 16.5 Å². The molecule has 0 saturated heterocycles. The molecule has 1 saturated carbocycles. The molecule has 2 unspecified atom stereocenters. The first-order valence-corrected chi connectivity index (χ1v) is 9.44. The molecule has 4 heteroatoms. The van der Waals surface area contributed by atoms with Gasteiger partial charge < -0.3 is 0 Å². The molecule has 2 aromatic rings. The maximum Gasteiger partial charge on any atom is 0.147 e. The van der Waals surface area contributed by atoms with Gasteiger partial charge in [-0.05, 0) is 37.3 Å². The number of nitrogens with zero attached hydrogens (tertiary/aromatic N) is 3. The molecule has 22 heavy (non-hydrogen) atoms. The summed E-state index contributed by atoms with van der Waals surface area (Å²) in [4.78, 5) is 4.08. The van der Waals surface area contributed by atoms with E-state index >= 15 is 0 Å². The van der Waals surface area contributed by atoms with Gasteiger partial charge in [0.25, 0.3) is 0 Å². The predicted octanol–water partition coefficient (Wildman–Crippen LogP) is 5.45. The summed E-state index contributed by atoms with van der Waals surface area (Å²) in [6, 6.07) is 4.04. The molecule has 1 fully saturated rings. The van der Waals surface area contributed by atoms with Crippen molar-refractivity contribution in [1.29, 1.82) is 0 Å². The smallest absolute Gasteiger partial charge is 0.147 e. The minimum atomic E-state index is 0.638. The third-order valence-electron chi connectivity index (χ3n) is 4.77. The van der Waals surface area contributed by atoms with Gasteiger partial charge in [0.2, 0.25) is 0 Å². The first-order valence-electron chi connectivity index (χ1n) is 8.62. The van der Waals surface area contributed by atoms with Crippen molar-refractivity contribution in [3.05, 3.63) is 29.5 Å². The van der Waals surface area contributed by atoms with Crippen LogP contribution in [0.4, 0.5) is 0 Å². The van der Waals surface area contributed by atoms with Gasteiger partial charge in [0.05, 0.1) is 0 Å². The van der Waals surface area contributed by atoms with Crippen LogP contribution < -0.4 is 0 Å². The molecule has 0 aliphatic heterocycles. The Bertz CT molecular complexity index is 567. The molecule has 2 heterocycles. The Morgan fingerprint density at radius 3 is 2.73 bits per heavy atom. The van der Waals surface area contributed by atoms with E-state index < -0.39 is 0 Å². The number of aromatic nitrogens is 3. The Hall–Kier alpha value is -1.29. The molecule has 0 radical (unpaired) electrons. The van der Waals surface area contributed by atoms with Crippen LogP contribution in [0.25, 0.3) is 10.6 Å². The zero-order valence-corrected chi connectivity index (χ0v) is 14.2. The van der Waals surface area contributed by atoms with Crippen LogP contribution in [0.15, 0.2) is 24.5 Å². The Kier molecular flexibility index (Phi) is 5.54. The average Bonchev–Trinajstić information content (AvgIpc) is 3.06. The third kappa shape index (κ3) is 3.72. The van der Waals surface area contributed by atoms with Crippen LogP contribution in [0.1, 0.15) is 69.2 Å². The lowest BCUT2D eigenvalue weighted by atomic mass is 9.77. The summed E-state index contributed by atoms with van der Waals surface area (Å²) >= 11 is 1.79. The molecule has 1 aliphatic carbocycles. The Labute approximate surface area is 137 Å². The fourth-order valence-electron chi connectivity index (χ4n) is 3.53. The molecule has 118 valence electrons. The third-order valence-corrected chi connectivity index (χ3v) is 5.88. The SMILES string of the molecule is CCCCCC1CCCCC1c1nnc(-c2ccncc2)s1. The highest BCUT2D eigenvalue weighted by Crippen LogP contribution is 2.42. The van der Waals surface area contributed by atoms with Crippen LogP contribution in [0.3, 0.4) is 0 Å². The molecule has 0 amide bonds. The topological polar surface area (TPSA) is 38.7 Å². The van der Waals surface area contributed by atoms with Crippen LogP contribution in [-0.4, -0.2) is 15.2 Å². The van der Waals surface area contributed by atoms with Gasteiger partial charge >= 0.3 is 0 Å². The predicted molar refractivity (Wildman–Crippen MR) is 92.0 cm³/mol. The number of pyridine rings is 1. The van der Waals surface area contributed by atoms with Gasteiger partial charge in [0, 0.05) is 23.9 Å². The standard InChI is InChI=1S/C18H25N3S/c1-2-3-4-7-14-8-5-6-9-16(14)18-21-20-17(22-18)15-10-12-19-13-11-15/h10-14,16H,2-9H2,1H3. The van der Waals surface area contributed by atoms with Crippen LogP contribution >= 0.6 is 11.3 Å². The van der Waals surface area contributed by atoms with Gasteiger partial charge in [0.1, 0.15) is 10.0 Å². The summed E-state index contributed by atoms with van der Waals surface area (Å²) in [5.74, 6) is 1.46. The molecule has 0 spiro atoms. The molecular formula is C18H25N3S. The lowest BCUT2D eigenvalue weighted by Gasteiger charge is -2.29. The van der Waals surface area contributed by atoms with Crippen molar-refractivity contribution in [2.24, 2.45) is 5.92 Å². The maximum absolute atomic E-state index is 4.54. The zero-order valence-electron chi connectivity index (χ0n) is 13.4. The van der Waals surface area contributed by atoms with Crippen molar-refractivity contribution in [3.63, 3.8) is 0 Å². The lowest BCUT2D eigenvalue weighted by molar-refractivity contribution is 0.282. The molecule has 2 atom stereocenters. The van der Waals surface area contributed by atoms with E-state index in [1.165, 1.54) is 56.4 Å². The van der Waals surface area contributed by atoms with Crippen molar-refractivity contribution in [3.8, 4) is 10.6 Å². The van der Waals surface area contributed by atoms with E-state index in [-0.39, 0.29) is 0 Å². The van der Waals surface area contributed by atoms with E-state index in [9.17, 15) is 0 Å². The second-order valence-corrected chi connectivity index (χ2v) is 7.34. The second-order valence-electron chi connectivity index (χ2n) is 6.33. The van der Waals surface area contributed by atoms with Crippen LogP contribution in [0.2, 0.25) is 0 Å². The van der Waals surface area contributed by atoms with Crippen molar-refractivity contribution in [2.75, 3.05) is 0 Å². The minimum Gasteiger partial charge on any atom is -0.265 e. The first kappa shape index (κ1) is 15.6. The van der Waals surface area contributed by atoms with Crippen LogP contribution in [0, 0.1) is 5.92 Å². The van der Waals surface area contributed by atoms with Crippen LogP contribution in [0.5, 0.6) is 0 Å². The molecule has 3 nitrogen and oxygen atoms in total. The summed E-state index contributed by atoms with van der Waals surface area (Å²) in [7, 11) is 0. The Morgan fingerprint density at radius 1 is 1.09 bits per heavy atom. The number of hydrogen-bond donors (Lipinski definition) is 0. The average molecular weight is 315 g/mol. The van der Waals surface area contributed by atoms with E-state index in [0.29, 0.717) is 5.92 Å². The fraction of sp³-hybridized carbons (Fsp3) is 0.611. The molecule has 0 N–H and O–H groups in total. The largest absolute Gasteiger partial charge is 0.265 e. The Morgan fingerprint density at radius 2 is 1.91 bits per heavy atom. The van der Waals surface area contributed by atoms with Gasteiger partial charge in [0.15, 0.2) is 0 Å². The Balaban J connectivity index is 1.72. The fourth-order valence-corrected chi connectivity index (χ4v) is 4.61. The monoisotopic (exact) mass is 315 g/mol. The van der Waals surface area contributed by atoms with Gasteiger partial charge in [-0.3, -0.25) is 4.98 Å². The summed E-state index contributed by atoms with van der Waals surface area (Å²) < 4.78 is 0. The quantitative estimate of drug-likeness (QED) is 0.665. The van der Waals surface area contributed by atoms with E-state index in [2.05, 4.69) is 22.1 Å². The molecule has 3 rings (SSSR count). The highest BCUT2D eigenvalue weighted by atomic mass is 32.1. The molecule has 2 aromatic heterocycles. The molecule has 0 bridgehead atoms. The van der Waals surface area contributed by atoms with Crippen LogP contribution in [-0.2, 0) is 0 Å². The van der Waals surface area contributed by atoms with Gasteiger partial charge in [-0.1, -0.05) is 50.4 Å². The lowest BCUT2D eigenvalue weighted by Crippen LogP contribution is -2.17. The van der Waals surface area contributed by atoms with Crippen molar-refractivity contribution in [2.45, 2.75) is 64.2 Å². The van der Waals surface area contributed by atoms with Gasteiger partial charge in [-0.2, -0.15) is 0 Å². The minimum absolute atomic E-state index is 0.638. The van der Waals surface area contributed by atoms with Crippen molar-refractivity contribution in [1.82, 2.24) is 15.2 Å². The summed E-state index contributed by atoms with van der Waals surface area (Å²) in [6.45, 7) is 2.28. The first-order chi connectivity index (χ1) is 10.9. The van der Waals surface area contributed by atoms with E-state index in [1.807, 2.05) is 24.5 Å². The molecule has 0 aromatic carbocycles. The molecular weight excluding hydrogens is 290 g/mol.